The number of carbonyl (C=O) groups excluding carboxylic acids is 2. The van der Waals surface area contributed by atoms with E-state index in [1.807, 2.05) is 36.4 Å². The van der Waals surface area contributed by atoms with E-state index in [-0.39, 0.29) is 18.3 Å². The second-order valence-corrected chi connectivity index (χ2v) is 8.55. The first-order chi connectivity index (χ1) is 15.4. The molecule has 0 spiro atoms. The molecule has 4 nitrogen and oxygen atoms in total. The van der Waals surface area contributed by atoms with Crippen molar-refractivity contribution in [2.45, 2.75) is 19.3 Å². The number of ether oxygens (including phenoxy) is 2. The van der Waals surface area contributed by atoms with Crippen molar-refractivity contribution >= 4 is 51.3 Å². The van der Waals surface area contributed by atoms with Gasteiger partial charge in [0.2, 0.25) is 0 Å². The van der Waals surface area contributed by atoms with Crippen LogP contribution in [-0.4, -0.2) is 25.5 Å². The summed E-state index contributed by atoms with van der Waals surface area (Å²) in [5.74, 6) is -1.30. The van der Waals surface area contributed by atoms with E-state index in [1.54, 1.807) is 32.2 Å². The Morgan fingerprint density at radius 2 is 1.78 bits per heavy atom. The Bertz CT molecular complexity index is 1230. The maximum atomic E-state index is 13.1. The molecule has 164 valence electrons. The SMILES string of the molecule is CCOC(=O)C1C(=O)C=C(c2ccc(Cl)cc2Cl)CC1c1ccc2cc(OC)ccc2c1. The second-order valence-electron chi connectivity index (χ2n) is 7.71. The molecule has 0 bridgehead atoms. The third-order valence-corrected chi connectivity index (χ3v) is 6.33. The highest BCUT2D eigenvalue weighted by Gasteiger charge is 2.40. The molecule has 0 radical (unpaired) electrons. The van der Waals surface area contributed by atoms with Crippen molar-refractivity contribution in [3.8, 4) is 5.75 Å². The molecule has 1 aliphatic carbocycles. The van der Waals surface area contributed by atoms with Gasteiger partial charge in [0.1, 0.15) is 11.7 Å². The number of methoxy groups -OCH3 is 1. The van der Waals surface area contributed by atoms with Crippen LogP contribution in [0.5, 0.6) is 5.75 Å². The van der Waals surface area contributed by atoms with Crippen LogP contribution < -0.4 is 4.74 Å². The van der Waals surface area contributed by atoms with E-state index in [4.69, 9.17) is 32.7 Å². The van der Waals surface area contributed by atoms with E-state index >= 15 is 0 Å². The Kier molecular flexibility index (Phi) is 6.54. The highest BCUT2D eigenvalue weighted by Crippen LogP contribution is 2.43. The first-order valence-electron chi connectivity index (χ1n) is 10.4. The van der Waals surface area contributed by atoms with Crippen molar-refractivity contribution < 1.29 is 19.1 Å². The number of rotatable bonds is 5. The van der Waals surface area contributed by atoms with E-state index in [9.17, 15) is 9.59 Å². The monoisotopic (exact) mass is 468 g/mol. The Morgan fingerprint density at radius 1 is 1.03 bits per heavy atom. The van der Waals surface area contributed by atoms with Crippen molar-refractivity contribution in [2.24, 2.45) is 5.92 Å². The molecule has 0 aliphatic heterocycles. The van der Waals surface area contributed by atoms with E-state index in [0.717, 1.165) is 33.2 Å². The quantitative estimate of drug-likeness (QED) is 0.317. The summed E-state index contributed by atoms with van der Waals surface area (Å²) in [6, 6.07) is 17.0. The number of carbonyl (C=O) groups is 2. The lowest BCUT2D eigenvalue weighted by atomic mass is 9.73. The van der Waals surface area contributed by atoms with Crippen LogP contribution in [0.4, 0.5) is 0 Å². The van der Waals surface area contributed by atoms with Gasteiger partial charge in [0, 0.05) is 16.0 Å². The summed E-state index contributed by atoms with van der Waals surface area (Å²) in [7, 11) is 1.63. The topological polar surface area (TPSA) is 52.6 Å². The number of fused-ring (bicyclic) bond motifs is 1. The van der Waals surface area contributed by atoms with Crippen LogP contribution in [0.15, 0.2) is 60.7 Å². The fourth-order valence-corrected chi connectivity index (χ4v) is 4.76. The lowest BCUT2D eigenvalue weighted by molar-refractivity contribution is -0.151. The average molecular weight is 469 g/mol. The lowest BCUT2D eigenvalue weighted by Crippen LogP contribution is -2.34. The molecule has 2 atom stereocenters. The smallest absolute Gasteiger partial charge is 0.317 e. The van der Waals surface area contributed by atoms with Gasteiger partial charge in [0.15, 0.2) is 5.78 Å². The molecular weight excluding hydrogens is 447 g/mol. The second kappa shape index (κ2) is 9.35. The molecule has 0 fully saturated rings. The highest BCUT2D eigenvalue weighted by molar-refractivity contribution is 6.36. The van der Waals surface area contributed by atoms with Gasteiger partial charge < -0.3 is 9.47 Å². The maximum absolute atomic E-state index is 13.1. The van der Waals surface area contributed by atoms with E-state index in [1.165, 1.54) is 6.08 Å². The Balaban J connectivity index is 1.79. The van der Waals surface area contributed by atoms with Crippen molar-refractivity contribution in [3.05, 3.63) is 81.8 Å². The third-order valence-electron chi connectivity index (χ3n) is 5.78. The summed E-state index contributed by atoms with van der Waals surface area (Å²) < 4.78 is 10.6. The molecular formula is C26H22Cl2O4. The lowest BCUT2D eigenvalue weighted by Gasteiger charge is -2.30. The third kappa shape index (κ3) is 4.38. The van der Waals surface area contributed by atoms with Gasteiger partial charge in [0.25, 0.3) is 0 Å². The minimum absolute atomic E-state index is 0.215. The predicted molar refractivity (Wildman–Crippen MR) is 127 cm³/mol. The van der Waals surface area contributed by atoms with Crippen molar-refractivity contribution in [1.29, 1.82) is 0 Å². The van der Waals surface area contributed by atoms with Crippen LogP contribution in [0.1, 0.15) is 30.4 Å². The van der Waals surface area contributed by atoms with Gasteiger partial charge >= 0.3 is 5.97 Å². The minimum atomic E-state index is -0.902. The van der Waals surface area contributed by atoms with E-state index < -0.39 is 11.9 Å². The molecule has 2 unspecified atom stereocenters. The number of benzene rings is 3. The summed E-state index contributed by atoms with van der Waals surface area (Å²) in [5.41, 5.74) is 2.41. The van der Waals surface area contributed by atoms with Crippen LogP contribution in [0.3, 0.4) is 0 Å². The molecule has 0 aromatic heterocycles. The van der Waals surface area contributed by atoms with Gasteiger partial charge in [-0.25, -0.2) is 0 Å². The van der Waals surface area contributed by atoms with Crippen molar-refractivity contribution in [2.75, 3.05) is 13.7 Å². The van der Waals surface area contributed by atoms with Crippen LogP contribution in [0.2, 0.25) is 10.0 Å². The van der Waals surface area contributed by atoms with Gasteiger partial charge in [-0.1, -0.05) is 53.5 Å². The maximum Gasteiger partial charge on any atom is 0.317 e. The summed E-state index contributed by atoms with van der Waals surface area (Å²) in [4.78, 5) is 25.9. The van der Waals surface area contributed by atoms with Crippen molar-refractivity contribution in [3.63, 3.8) is 0 Å². The largest absolute Gasteiger partial charge is 0.497 e. The molecule has 3 aromatic carbocycles. The number of ketones is 1. The number of hydrogen-bond donors (Lipinski definition) is 0. The van der Waals surface area contributed by atoms with Gasteiger partial charge in [-0.05, 0) is 71.2 Å². The summed E-state index contributed by atoms with van der Waals surface area (Å²) in [5, 5.41) is 3.00. The fourth-order valence-electron chi connectivity index (χ4n) is 4.23. The molecule has 3 aromatic rings. The van der Waals surface area contributed by atoms with Gasteiger partial charge in [-0.3, -0.25) is 9.59 Å². The van der Waals surface area contributed by atoms with Crippen molar-refractivity contribution in [1.82, 2.24) is 0 Å². The molecule has 0 heterocycles. The van der Waals surface area contributed by atoms with E-state index in [0.29, 0.717) is 16.5 Å². The summed E-state index contributed by atoms with van der Waals surface area (Å²) in [6.07, 6.45) is 1.98. The van der Waals surface area contributed by atoms with Crippen LogP contribution in [0, 0.1) is 5.92 Å². The minimum Gasteiger partial charge on any atom is -0.497 e. The molecule has 32 heavy (non-hydrogen) atoms. The molecule has 1 aliphatic rings. The predicted octanol–water partition coefficient (Wildman–Crippen LogP) is 6.47. The zero-order chi connectivity index (χ0) is 22.8. The standard InChI is InChI=1S/C26H22Cl2O4/c1-3-32-26(30)25-22(17-5-4-16-11-20(31-2)8-6-15(16)10-17)12-18(13-24(25)29)21-9-7-19(27)14-23(21)28/h4-11,13-14,22,25H,3,12H2,1-2H3. The molecule has 6 heteroatoms. The Morgan fingerprint density at radius 3 is 2.50 bits per heavy atom. The zero-order valence-corrected chi connectivity index (χ0v) is 19.2. The Hall–Kier alpha value is -2.82. The zero-order valence-electron chi connectivity index (χ0n) is 17.7. The van der Waals surface area contributed by atoms with Crippen LogP contribution in [0.25, 0.3) is 16.3 Å². The number of halogens is 2. The molecule has 0 N–H and O–H groups in total. The average Bonchev–Trinajstić information content (AvgIpc) is 2.77. The number of allylic oxidation sites excluding steroid dienone is 2. The molecule has 0 saturated carbocycles. The van der Waals surface area contributed by atoms with Crippen LogP contribution >= 0.6 is 23.2 Å². The highest BCUT2D eigenvalue weighted by atomic mass is 35.5. The van der Waals surface area contributed by atoms with Gasteiger partial charge in [-0.2, -0.15) is 0 Å². The van der Waals surface area contributed by atoms with Gasteiger partial charge in [0.05, 0.1) is 13.7 Å². The summed E-state index contributed by atoms with van der Waals surface area (Å²) in [6.45, 7) is 1.95. The van der Waals surface area contributed by atoms with Crippen LogP contribution in [-0.2, 0) is 14.3 Å². The normalized spacial score (nSPS) is 18.4. The molecule has 4 rings (SSSR count). The number of esters is 1. The fraction of sp³-hybridized carbons (Fsp3) is 0.231. The molecule has 0 amide bonds. The summed E-state index contributed by atoms with van der Waals surface area (Å²) >= 11 is 12.5. The Labute approximate surface area is 196 Å². The van der Waals surface area contributed by atoms with E-state index in [2.05, 4.69) is 0 Å². The molecule has 0 saturated heterocycles. The first-order valence-corrected chi connectivity index (χ1v) is 11.1. The number of hydrogen-bond acceptors (Lipinski definition) is 4. The first kappa shape index (κ1) is 22.4. The van der Waals surface area contributed by atoms with Gasteiger partial charge in [-0.15, -0.1) is 0 Å².